The molecule has 236 valence electrons. The van der Waals surface area contributed by atoms with E-state index in [9.17, 15) is 0 Å². The molecule has 0 bridgehead atoms. The first-order valence-electron chi connectivity index (χ1n) is 16.7. The maximum atomic E-state index is 4.22. The van der Waals surface area contributed by atoms with Crippen molar-refractivity contribution in [3.05, 3.63) is 105 Å². The molecule has 0 unspecified atom stereocenters. The molecular weight excluding hydrogens is 506 g/mol. The van der Waals surface area contributed by atoms with Crippen LogP contribution in [0, 0.1) is 0 Å². The van der Waals surface area contributed by atoms with Crippen molar-refractivity contribution in [3.63, 3.8) is 0 Å². The van der Waals surface area contributed by atoms with E-state index in [1.165, 1.54) is 63.1 Å². The molecule has 1 heteroatoms. The molecule has 0 atom stereocenters. The molecule has 1 nitrogen and oxygen atoms in total. The summed E-state index contributed by atoms with van der Waals surface area (Å²) in [5.74, 6) is 0. The van der Waals surface area contributed by atoms with Gasteiger partial charge >= 0.3 is 0 Å². The highest BCUT2D eigenvalue weighted by Crippen LogP contribution is 2.25. The number of allylic oxidation sites excluding steroid dienone is 14. The molecule has 0 aromatic carbocycles. The van der Waals surface area contributed by atoms with Gasteiger partial charge in [-0.3, -0.25) is 0 Å². The summed E-state index contributed by atoms with van der Waals surface area (Å²) in [6, 6.07) is 0. The first-order valence-corrected chi connectivity index (χ1v) is 16.7. The minimum absolute atomic E-state index is 0.952. The largest absolute Gasteiger partial charge is 0.364 e. The van der Waals surface area contributed by atoms with Crippen LogP contribution in [0.4, 0.5) is 0 Å². The fourth-order valence-electron chi connectivity index (χ4n) is 4.74. The number of hydrogen-bond acceptors (Lipinski definition) is 1. The normalized spacial score (nSPS) is 14.4. The van der Waals surface area contributed by atoms with Crippen molar-refractivity contribution in [2.75, 3.05) is 13.1 Å². The van der Waals surface area contributed by atoms with Crippen LogP contribution in [0.2, 0.25) is 0 Å². The van der Waals surface area contributed by atoms with Crippen molar-refractivity contribution in [1.82, 2.24) is 4.90 Å². The van der Waals surface area contributed by atoms with Crippen LogP contribution in [-0.2, 0) is 0 Å². The van der Waals surface area contributed by atoms with Crippen LogP contribution in [0.25, 0.3) is 0 Å². The van der Waals surface area contributed by atoms with Crippen LogP contribution in [0.1, 0.15) is 140 Å². The molecule has 0 N–H and O–H groups in total. The van der Waals surface area contributed by atoms with Gasteiger partial charge in [0.1, 0.15) is 0 Å². The maximum Gasteiger partial charge on any atom is 0.0365 e. The highest BCUT2D eigenvalue weighted by molar-refractivity contribution is 5.37. The molecule has 1 aliphatic carbocycles. The molecule has 0 aromatic rings. The van der Waals surface area contributed by atoms with Crippen LogP contribution in [0.5, 0.6) is 0 Å². The van der Waals surface area contributed by atoms with Gasteiger partial charge in [0.15, 0.2) is 0 Å². The molecule has 0 heterocycles. The molecule has 42 heavy (non-hydrogen) atoms. The molecule has 0 saturated carbocycles. The Hall–Kier alpha value is -2.54. The molecule has 0 aliphatic heterocycles. The van der Waals surface area contributed by atoms with Crippen LogP contribution in [-0.4, -0.2) is 18.0 Å². The fourth-order valence-corrected chi connectivity index (χ4v) is 4.74. The van der Waals surface area contributed by atoms with E-state index < -0.39 is 0 Å². The monoisotopic (exact) mass is 574 g/mol. The van der Waals surface area contributed by atoms with Crippen LogP contribution in [0.15, 0.2) is 105 Å². The average Bonchev–Trinajstić information content (AvgIpc) is 2.93. The Morgan fingerprint density at radius 3 is 1.38 bits per heavy atom. The Labute approximate surface area is 263 Å². The third-order valence-corrected chi connectivity index (χ3v) is 7.57. The standard InChI is InChI=1S/C39H61N.C2H6/c1-31(2)16-11-18-34(7)20-13-22-36(9)26-28-40(39-25-15-24-38(30-39)33(5)6)29-27-37(10)23-14-21-35(8)19-12-17-32(3)4;1-2/h16-17,20-21,25-27,30H,5,11-15,18-19,22-24,28-29H2,1-4,6-10H3;1-2H3/b34-20+,35-21+,36-26+,37-27+;. The molecule has 1 aliphatic rings. The second kappa shape index (κ2) is 24.0. The van der Waals surface area contributed by atoms with Gasteiger partial charge in [-0.2, -0.15) is 0 Å². The third-order valence-electron chi connectivity index (χ3n) is 7.57. The van der Waals surface area contributed by atoms with Crippen LogP contribution < -0.4 is 0 Å². The minimum atomic E-state index is 0.952. The first-order chi connectivity index (χ1) is 20.0. The fraction of sp³-hybridized carbons (Fsp3) is 0.561. The summed E-state index contributed by atoms with van der Waals surface area (Å²) in [5, 5.41) is 0. The van der Waals surface area contributed by atoms with Gasteiger partial charge in [0.05, 0.1) is 0 Å². The Morgan fingerprint density at radius 1 is 0.619 bits per heavy atom. The van der Waals surface area contributed by atoms with Gasteiger partial charge in [-0.15, -0.1) is 0 Å². The molecule has 0 spiro atoms. The molecule has 0 saturated heterocycles. The predicted molar refractivity (Wildman–Crippen MR) is 194 cm³/mol. The lowest BCUT2D eigenvalue weighted by Crippen LogP contribution is -2.24. The maximum absolute atomic E-state index is 4.22. The van der Waals surface area contributed by atoms with Gasteiger partial charge in [0, 0.05) is 18.8 Å². The molecule has 0 radical (unpaired) electrons. The van der Waals surface area contributed by atoms with Crippen molar-refractivity contribution >= 4 is 0 Å². The summed E-state index contributed by atoms with van der Waals surface area (Å²) in [7, 11) is 0. The lowest BCUT2D eigenvalue weighted by molar-refractivity contribution is 0.427. The number of hydrogen-bond donors (Lipinski definition) is 0. The molecule has 0 fully saturated rings. The summed E-state index contributed by atoms with van der Waals surface area (Å²) in [6.07, 6.45) is 30.6. The van der Waals surface area contributed by atoms with E-state index >= 15 is 0 Å². The van der Waals surface area contributed by atoms with E-state index in [-0.39, 0.29) is 0 Å². The highest BCUT2D eigenvalue weighted by Gasteiger charge is 2.12. The van der Waals surface area contributed by atoms with E-state index in [2.05, 4.69) is 122 Å². The van der Waals surface area contributed by atoms with Gasteiger partial charge in [-0.1, -0.05) is 102 Å². The lowest BCUT2D eigenvalue weighted by Gasteiger charge is -2.27. The molecular formula is C41H67N. The van der Waals surface area contributed by atoms with Crippen molar-refractivity contribution in [3.8, 4) is 0 Å². The highest BCUT2D eigenvalue weighted by atomic mass is 15.1. The van der Waals surface area contributed by atoms with Crippen molar-refractivity contribution in [1.29, 1.82) is 0 Å². The Bertz CT molecular complexity index is 976. The lowest BCUT2D eigenvalue weighted by atomic mass is 9.97. The van der Waals surface area contributed by atoms with Crippen molar-refractivity contribution in [2.45, 2.75) is 140 Å². The Kier molecular flexibility index (Phi) is 22.5. The van der Waals surface area contributed by atoms with E-state index in [4.69, 9.17) is 0 Å². The quantitative estimate of drug-likeness (QED) is 0.147. The summed E-state index contributed by atoms with van der Waals surface area (Å²) in [5.41, 5.74) is 12.7. The van der Waals surface area contributed by atoms with E-state index in [0.717, 1.165) is 64.5 Å². The zero-order chi connectivity index (χ0) is 31.9. The third kappa shape index (κ3) is 20.4. The van der Waals surface area contributed by atoms with Crippen molar-refractivity contribution < 1.29 is 0 Å². The first kappa shape index (κ1) is 39.5. The van der Waals surface area contributed by atoms with Gasteiger partial charge in [0.25, 0.3) is 0 Å². The SMILES string of the molecule is C=C(C)C1=CC(N(C/C=C(\C)CC/C=C(\C)CCC=C(C)C)C/C=C(\C)CC/C=C(\C)CCC=C(C)C)=CCC1.CC. The molecule has 1 rings (SSSR count). The van der Waals surface area contributed by atoms with Gasteiger partial charge < -0.3 is 4.90 Å². The van der Waals surface area contributed by atoms with E-state index in [0.29, 0.717) is 0 Å². The smallest absolute Gasteiger partial charge is 0.0365 e. The predicted octanol–water partition coefficient (Wildman–Crippen LogP) is 13.3. The van der Waals surface area contributed by atoms with E-state index in [1.54, 1.807) is 0 Å². The van der Waals surface area contributed by atoms with Crippen LogP contribution in [0.3, 0.4) is 0 Å². The summed E-state index contributed by atoms with van der Waals surface area (Å²) < 4.78 is 0. The van der Waals surface area contributed by atoms with Gasteiger partial charge in [-0.05, 0) is 138 Å². The second-order valence-electron chi connectivity index (χ2n) is 12.4. The zero-order valence-electron chi connectivity index (χ0n) is 29.8. The zero-order valence-corrected chi connectivity index (χ0v) is 29.8. The molecule has 0 amide bonds. The topological polar surface area (TPSA) is 3.24 Å². The van der Waals surface area contributed by atoms with Crippen LogP contribution >= 0.6 is 0 Å². The van der Waals surface area contributed by atoms with E-state index in [1.807, 2.05) is 13.8 Å². The number of rotatable bonds is 18. The second-order valence-corrected chi connectivity index (χ2v) is 12.4. The Morgan fingerprint density at radius 2 is 1.00 bits per heavy atom. The van der Waals surface area contributed by atoms with Gasteiger partial charge in [-0.25, -0.2) is 0 Å². The number of nitrogens with zero attached hydrogens (tertiary/aromatic N) is 1. The summed E-state index contributed by atoms with van der Waals surface area (Å²) in [6.45, 7) is 30.1. The van der Waals surface area contributed by atoms with Gasteiger partial charge in [0.2, 0.25) is 0 Å². The average molecular weight is 574 g/mol. The summed E-state index contributed by atoms with van der Waals surface area (Å²) in [4.78, 5) is 2.54. The summed E-state index contributed by atoms with van der Waals surface area (Å²) >= 11 is 0. The molecule has 0 aromatic heterocycles. The minimum Gasteiger partial charge on any atom is -0.364 e. The Balaban J connectivity index is 0.00000821. The van der Waals surface area contributed by atoms with Crippen molar-refractivity contribution in [2.24, 2.45) is 0 Å².